The molecule has 108 valence electrons. The quantitative estimate of drug-likeness (QED) is 0.785. The summed E-state index contributed by atoms with van der Waals surface area (Å²) < 4.78 is 0. The van der Waals surface area contributed by atoms with Crippen molar-refractivity contribution >= 4 is 17.2 Å². The summed E-state index contributed by atoms with van der Waals surface area (Å²) in [6.07, 6.45) is 4.27. The largest absolute Gasteiger partial charge is 0.337 e. The van der Waals surface area contributed by atoms with Crippen molar-refractivity contribution in [3.8, 4) is 0 Å². The van der Waals surface area contributed by atoms with Gasteiger partial charge in [0.15, 0.2) is 0 Å². The van der Waals surface area contributed by atoms with Crippen molar-refractivity contribution in [2.45, 2.75) is 38.1 Å². The Morgan fingerprint density at radius 1 is 1.14 bits per heavy atom. The summed E-state index contributed by atoms with van der Waals surface area (Å²) in [7, 11) is 0. The van der Waals surface area contributed by atoms with Crippen LogP contribution in [-0.2, 0) is 24.2 Å². The summed E-state index contributed by atoms with van der Waals surface area (Å²) in [5.74, 6) is 0.411. The predicted octanol–water partition coefficient (Wildman–Crippen LogP) is 3.75. The molecular weight excluding hydrogens is 278 g/mol. The van der Waals surface area contributed by atoms with Gasteiger partial charge in [-0.1, -0.05) is 24.3 Å². The molecule has 1 aliphatic heterocycles. The molecule has 2 heterocycles. The first-order valence-electron chi connectivity index (χ1n) is 7.75. The lowest BCUT2D eigenvalue weighted by atomic mass is 9.82. The van der Waals surface area contributed by atoms with Crippen LogP contribution in [0.1, 0.15) is 40.3 Å². The highest BCUT2D eigenvalue weighted by Crippen LogP contribution is 2.34. The predicted molar refractivity (Wildman–Crippen MR) is 85.6 cm³/mol. The van der Waals surface area contributed by atoms with Gasteiger partial charge in [0, 0.05) is 18.0 Å². The van der Waals surface area contributed by atoms with E-state index in [9.17, 15) is 4.79 Å². The topological polar surface area (TPSA) is 20.3 Å². The summed E-state index contributed by atoms with van der Waals surface area (Å²) >= 11 is 1.83. The second-order valence-corrected chi connectivity index (χ2v) is 7.02. The zero-order valence-corrected chi connectivity index (χ0v) is 12.9. The number of hydrogen-bond acceptors (Lipinski definition) is 2. The van der Waals surface area contributed by atoms with Crippen LogP contribution in [0.5, 0.6) is 0 Å². The molecule has 0 saturated heterocycles. The smallest absolute Gasteiger partial charge is 0.230 e. The molecule has 1 atom stereocenters. The van der Waals surface area contributed by atoms with E-state index in [-0.39, 0.29) is 5.92 Å². The Kier molecular flexibility index (Phi) is 3.30. The van der Waals surface area contributed by atoms with E-state index >= 15 is 0 Å². The van der Waals surface area contributed by atoms with Crippen LogP contribution in [0.2, 0.25) is 0 Å². The second-order valence-electron chi connectivity index (χ2n) is 6.02. The number of fused-ring (bicyclic) bond motifs is 2. The molecule has 0 radical (unpaired) electrons. The van der Waals surface area contributed by atoms with Gasteiger partial charge in [-0.05, 0) is 53.8 Å². The number of carbonyl (C=O) groups is 1. The van der Waals surface area contributed by atoms with Crippen LogP contribution in [0.15, 0.2) is 35.7 Å². The number of carbonyl (C=O) groups excluding carboxylic acids is 1. The molecule has 0 N–H and O–H groups in total. The van der Waals surface area contributed by atoms with Crippen LogP contribution in [0.25, 0.3) is 0 Å². The van der Waals surface area contributed by atoms with Crippen molar-refractivity contribution < 1.29 is 4.79 Å². The van der Waals surface area contributed by atoms with Gasteiger partial charge in [-0.25, -0.2) is 0 Å². The lowest BCUT2D eigenvalue weighted by Gasteiger charge is -2.33. The van der Waals surface area contributed by atoms with Gasteiger partial charge in [0.2, 0.25) is 5.91 Å². The van der Waals surface area contributed by atoms with Gasteiger partial charge in [-0.2, -0.15) is 0 Å². The summed E-state index contributed by atoms with van der Waals surface area (Å²) in [6, 6.07) is 10.7. The fourth-order valence-electron chi connectivity index (χ4n) is 3.67. The standard InChI is InChI=1S/C18H19NOS/c20-18(19-10-8-17-14(12-19)9-11-21-17)16-7-3-5-13-4-1-2-6-15(13)16/h1-2,4,6,9,11,16H,3,5,7-8,10,12H2. The molecule has 1 unspecified atom stereocenters. The van der Waals surface area contributed by atoms with Crippen LogP contribution in [0.4, 0.5) is 0 Å². The Labute approximate surface area is 129 Å². The van der Waals surface area contributed by atoms with Gasteiger partial charge < -0.3 is 4.90 Å². The minimum Gasteiger partial charge on any atom is -0.337 e. The highest BCUT2D eigenvalue weighted by atomic mass is 32.1. The monoisotopic (exact) mass is 297 g/mol. The molecule has 4 rings (SSSR count). The minimum atomic E-state index is 0.0788. The lowest BCUT2D eigenvalue weighted by molar-refractivity contribution is -0.134. The zero-order chi connectivity index (χ0) is 14.2. The van der Waals surface area contributed by atoms with Gasteiger partial charge in [-0.15, -0.1) is 11.3 Å². The molecule has 0 bridgehead atoms. The molecule has 2 nitrogen and oxygen atoms in total. The van der Waals surface area contributed by atoms with Crippen LogP contribution in [0, 0.1) is 0 Å². The molecule has 2 aromatic rings. The van der Waals surface area contributed by atoms with Gasteiger partial charge in [-0.3, -0.25) is 4.79 Å². The van der Waals surface area contributed by atoms with Crippen LogP contribution < -0.4 is 0 Å². The van der Waals surface area contributed by atoms with Crippen LogP contribution >= 0.6 is 11.3 Å². The highest BCUT2D eigenvalue weighted by Gasteiger charge is 2.31. The van der Waals surface area contributed by atoms with E-state index in [2.05, 4.69) is 40.6 Å². The fourth-order valence-corrected chi connectivity index (χ4v) is 4.56. The average Bonchev–Trinajstić information content (AvgIpc) is 3.01. The lowest BCUT2D eigenvalue weighted by Crippen LogP contribution is -2.39. The molecule has 1 amide bonds. The maximum Gasteiger partial charge on any atom is 0.230 e. The molecule has 0 saturated carbocycles. The third-order valence-electron chi connectivity index (χ3n) is 4.79. The zero-order valence-electron chi connectivity index (χ0n) is 12.0. The first-order valence-corrected chi connectivity index (χ1v) is 8.63. The number of thiophene rings is 1. The average molecular weight is 297 g/mol. The number of aryl methyl sites for hydroxylation is 1. The molecule has 3 heteroatoms. The van der Waals surface area contributed by atoms with E-state index in [0.29, 0.717) is 5.91 Å². The molecule has 0 spiro atoms. The number of benzene rings is 1. The third-order valence-corrected chi connectivity index (χ3v) is 5.81. The Balaban J connectivity index is 1.59. The fraction of sp³-hybridized carbons (Fsp3) is 0.389. The normalized spacial score (nSPS) is 20.8. The molecule has 21 heavy (non-hydrogen) atoms. The molecule has 1 aromatic carbocycles. The van der Waals surface area contributed by atoms with Crippen LogP contribution in [0.3, 0.4) is 0 Å². The first-order chi connectivity index (χ1) is 10.3. The minimum absolute atomic E-state index is 0.0788. The van der Waals surface area contributed by atoms with E-state index in [0.717, 1.165) is 38.8 Å². The van der Waals surface area contributed by atoms with Crippen molar-refractivity contribution in [1.82, 2.24) is 4.90 Å². The maximum atomic E-state index is 13.0. The van der Waals surface area contributed by atoms with Crippen molar-refractivity contribution in [2.75, 3.05) is 6.54 Å². The SMILES string of the molecule is O=C(C1CCCc2ccccc21)N1CCc2sccc2C1. The van der Waals surface area contributed by atoms with E-state index in [4.69, 9.17) is 0 Å². The molecule has 1 aromatic heterocycles. The summed E-state index contributed by atoms with van der Waals surface area (Å²) in [6.45, 7) is 1.68. The van der Waals surface area contributed by atoms with Gasteiger partial charge >= 0.3 is 0 Å². The van der Waals surface area contributed by atoms with Crippen molar-refractivity contribution in [1.29, 1.82) is 0 Å². The summed E-state index contributed by atoms with van der Waals surface area (Å²) in [5.41, 5.74) is 3.99. The van der Waals surface area contributed by atoms with Crippen molar-refractivity contribution in [3.63, 3.8) is 0 Å². The van der Waals surface area contributed by atoms with E-state index in [1.165, 1.54) is 21.6 Å². The third kappa shape index (κ3) is 2.30. The van der Waals surface area contributed by atoms with E-state index < -0.39 is 0 Å². The number of amides is 1. The molecule has 0 fully saturated rings. The summed E-state index contributed by atoms with van der Waals surface area (Å²) in [4.78, 5) is 16.5. The Bertz CT molecular complexity index is 675. The Hall–Kier alpha value is -1.61. The molecular formula is C18H19NOS. The van der Waals surface area contributed by atoms with Crippen molar-refractivity contribution in [2.24, 2.45) is 0 Å². The second kappa shape index (κ2) is 5.30. The number of hydrogen-bond donors (Lipinski definition) is 0. The van der Waals surface area contributed by atoms with E-state index in [1.54, 1.807) is 0 Å². The maximum absolute atomic E-state index is 13.0. The molecule has 1 aliphatic carbocycles. The van der Waals surface area contributed by atoms with E-state index in [1.807, 2.05) is 11.3 Å². The van der Waals surface area contributed by atoms with Gasteiger partial charge in [0.05, 0.1) is 5.92 Å². The van der Waals surface area contributed by atoms with Crippen LogP contribution in [-0.4, -0.2) is 17.4 Å². The van der Waals surface area contributed by atoms with Crippen molar-refractivity contribution in [3.05, 3.63) is 57.3 Å². The van der Waals surface area contributed by atoms with Gasteiger partial charge in [0.1, 0.15) is 0 Å². The summed E-state index contributed by atoms with van der Waals surface area (Å²) in [5, 5.41) is 2.15. The number of rotatable bonds is 1. The highest BCUT2D eigenvalue weighted by molar-refractivity contribution is 7.10. The van der Waals surface area contributed by atoms with Gasteiger partial charge in [0.25, 0.3) is 0 Å². The molecule has 2 aliphatic rings. The number of nitrogens with zero attached hydrogens (tertiary/aromatic N) is 1. The Morgan fingerprint density at radius 3 is 3.00 bits per heavy atom. The Morgan fingerprint density at radius 2 is 2.05 bits per heavy atom. The first kappa shape index (κ1) is 13.1.